The van der Waals surface area contributed by atoms with Crippen molar-refractivity contribution >= 4 is 5.91 Å². The number of carbonyl (C=O) groups excluding carboxylic acids is 1. The number of fused-ring (bicyclic) bond motifs is 2. The van der Waals surface area contributed by atoms with E-state index in [2.05, 4.69) is 14.9 Å². The summed E-state index contributed by atoms with van der Waals surface area (Å²) in [6, 6.07) is 6.01. The van der Waals surface area contributed by atoms with Crippen molar-refractivity contribution in [2.75, 3.05) is 13.1 Å². The maximum absolute atomic E-state index is 12.9. The number of H-pyrrole nitrogens is 1. The second-order valence-corrected chi connectivity index (χ2v) is 6.79. The van der Waals surface area contributed by atoms with Gasteiger partial charge in [0.1, 0.15) is 5.75 Å². The first-order valence-corrected chi connectivity index (χ1v) is 8.44. The second kappa shape index (κ2) is 6.13. The monoisotopic (exact) mass is 347 g/mol. The summed E-state index contributed by atoms with van der Waals surface area (Å²) in [7, 11) is 0. The molecule has 1 aromatic heterocycles. The van der Waals surface area contributed by atoms with E-state index in [1.54, 1.807) is 12.1 Å². The predicted molar refractivity (Wildman–Crippen MR) is 86.8 cm³/mol. The zero-order chi connectivity index (χ0) is 17.4. The van der Waals surface area contributed by atoms with Crippen molar-refractivity contribution in [3.8, 4) is 5.75 Å². The molecule has 25 heavy (non-hydrogen) atoms. The average molecular weight is 347 g/mol. The summed E-state index contributed by atoms with van der Waals surface area (Å²) in [5, 5.41) is 7.26. The molecule has 0 radical (unpaired) electrons. The molecule has 1 aliphatic carbocycles. The molecule has 1 atom stereocenters. The number of nitrogens with zero attached hydrogens (tertiary/aromatic N) is 2. The van der Waals surface area contributed by atoms with Gasteiger partial charge < -0.3 is 9.64 Å². The van der Waals surface area contributed by atoms with Gasteiger partial charge in [0.2, 0.25) is 0 Å². The topological polar surface area (TPSA) is 58.2 Å². The minimum Gasteiger partial charge on any atom is -0.435 e. The van der Waals surface area contributed by atoms with E-state index >= 15 is 0 Å². The number of aryl methyl sites for hydroxylation is 1. The van der Waals surface area contributed by atoms with Crippen LogP contribution >= 0.6 is 0 Å². The molecule has 1 spiro atoms. The van der Waals surface area contributed by atoms with Crippen LogP contribution in [0.2, 0.25) is 0 Å². The van der Waals surface area contributed by atoms with Crippen molar-refractivity contribution < 1.29 is 18.3 Å². The lowest BCUT2D eigenvalue weighted by atomic mass is 9.77. The van der Waals surface area contributed by atoms with Crippen LogP contribution < -0.4 is 4.74 Å². The smallest absolute Gasteiger partial charge is 0.387 e. The number of amides is 1. The molecule has 1 aliphatic heterocycles. The Morgan fingerprint density at radius 2 is 2.24 bits per heavy atom. The number of halogens is 2. The van der Waals surface area contributed by atoms with E-state index in [1.807, 2.05) is 11.1 Å². The fourth-order valence-corrected chi connectivity index (χ4v) is 4.16. The first-order valence-electron chi connectivity index (χ1n) is 8.44. The summed E-state index contributed by atoms with van der Waals surface area (Å²) in [5.74, 6) is -0.143. The molecule has 2 aromatic rings. The van der Waals surface area contributed by atoms with Gasteiger partial charge in [-0.3, -0.25) is 9.89 Å². The number of alkyl halides is 2. The largest absolute Gasteiger partial charge is 0.435 e. The molecule has 1 unspecified atom stereocenters. The summed E-state index contributed by atoms with van der Waals surface area (Å²) in [6.07, 6.45) is 5.80. The maximum Gasteiger partial charge on any atom is 0.387 e. The van der Waals surface area contributed by atoms with Crippen LogP contribution in [0.5, 0.6) is 5.75 Å². The Morgan fingerprint density at radius 1 is 1.36 bits per heavy atom. The molecule has 1 fully saturated rings. The molecule has 5 nitrogen and oxygen atoms in total. The molecule has 1 N–H and O–H groups in total. The van der Waals surface area contributed by atoms with Crippen molar-refractivity contribution in [3.05, 3.63) is 47.3 Å². The number of nitrogens with one attached hydrogen (secondary N) is 1. The van der Waals surface area contributed by atoms with Crippen molar-refractivity contribution in [2.45, 2.75) is 37.7 Å². The van der Waals surface area contributed by atoms with Crippen LogP contribution in [0.4, 0.5) is 8.78 Å². The van der Waals surface area contributed by atoms with Crippen LogP contribution in [0.3, 0.4) is 0 Å². The number of aromatic amines is 1. The summed E-state index contributed by atoms with van der Waals surface area (Å²) in [4.78, 5) is 14.7. The van der Waals surface area contributed by atoms with Gasteiger partial charge in [0.05, 0.1) is 6.20 Å². The third kappa shape index (κ3) is 2.88. The SMILES string of the molecule is O=C(c1cccc(OC(F)F)c1)N1CCCC2(CCc3cn[nH]c32)C1. The lowest BCUT2D eigenvalue weighted by Gasteiger charge is -2.40. The van der Waals surface area contributed by atoms with E-state index in [4.69, 9.17) is 0 Å². The van der Waals surface area contributed by atoms with Crippen molar-refractivity contribution in [1.82, 2.24) is 15.1 Å². The molecule has 7 heteroatoms. The van der Waals surface area contributed by atoms with E-state index in [1.165, 1.54) is 17.7 Å². The molecule has 2 aliphatic rings. The van der Waals surface area contributed by atoms with Gasteiger partial charge in [-0.2, -0.15) is 13.9 Å². The molecule has 2 heterocycles. The minimum absolute atomic E-state index is 0.00398. The number of hydrogen-bond acceptors (Lipinski definition) is 3. The van der Waals surface area contributed by atoms with Gasteiger partial charge in [-0.1, -0.05) is 6.07 Å². The Bertz CT molecular complexity index is 792. The Kier molecular flexibility index (Phi) is 3.94. The van der Waals surface area contributed by atoms with Crippen molar-refractivity contribution in [2.24, 2.45) is 0 Å². The van der Waals surface area contributed by atoms with Crippen LogP contribution in [-0.2, 0) is 11.8 Å². The van der Waals surface area contributed by atoms with Gasteiger partial charge in [0.15, 0.2) is 0 Å². The second-order valence-electron chi connectivity index (χ2n) is 6.79. The normalized spacial score (nSPS) is 22.4. The molecule has 0 bridgehead atoms. The number of aromatic nitrogens is 2. The van der Waals surface area contributed by atoms with Crippen LogP contribution in [0.15, 0.2) is 30.5 Å². The Balaban J connectivity index is 1.55. The quantitative estimate of drug-likeness (QED) is 0.928. The first-order chi connectivity index (χ1) is 12.1. The summed E-state index contributed by atoms with van der Waals surface area (Å²) < 4.78 is 29.2. The number of carbonyl (C=O) groups is 1. The zero-order valence-corrected chi connectivity index (χ0v) is 13.7. The van der Waals surface area contributed by atoms with Gasteiger partial charge in [-0.25, -0.2) is 0 Å². The van der Waals surface area contributed by atoms with Gasteiger partial charge in [-0.05, 0) is 49.4 Å². The Morgan fingerprint density at radius 3 is 3.08 bits per heavy atom. The van der Waals surface area contributed by atoms with Crippen molar-refractivity contribution in [3.63, 3.8) is 0 Å². The van der Waals surface area contributed by atoms with E-state index in [0.717, 1.165) is 31.4 Å². The number of benzene rings is 1. The molecule has 0 saturated carbocycles. The van der Waals surface area contributed by atoms with Gasteiger partial charge in [0.25, 0.3) is 5.91 Å². The highest BCUT2D eigenvalue weighted by Crippen LogP contribution is 2.44. The van der Waals surface area contributed by atoms with E-state index in [-0.39, 0.29) is 17.1 Å². The molecule has 4 rings (SSSR count). The molecule has 1 aromatic carbocycles. The van der Waals surface area contributed by atoms with E-state index < -0.39 is 6.61 Å². The fraction of sp³-hybridized carbons (Fsp3) is 0.444. The predicted octanol–water partition coefficient (Wildman–Crippen LogP) is 3.13. The van der Waals surface area contributed by atoms with Crippen LogP contribution in [0.1, 0.15) is 40.9 Å². The fourth-order valence-electron chi connectivity index (χ4n) is 4.16. The van der Waals surface area contributed by atoms with Crippen LogP contribution in [0, 0.1) is 0 Å². The average Bonchev–Trinajstić information content (AvgIpc) is 3.19. The van der Waals surface area contributed by atoms with Gasteiger partial charge in [-0.15, -0.1) is 0 Å². The number of piperidine rings is 1. The zero-order valence-electron chi connectivity index (χ0n) is 13.7. The third-order valence-corrected chi connectivity index (χ3v) is 5.29. The number of likely N-dealkylation sites (tertiary alicyclic amines) is 1. The summed E-state index contributed by atoms with van der Waals surface area (Å²) >= 11 is 0. The van der Waals surface area contributed by atoms with Crippen molar-refractivity contribution in [1.29, 1.82) is 0 Å². The van der Waals surface area contributed by atoms with Gasteiger partial charge in [0, 0.05) is 29.8 Å². The number of ether oxygens (including phenoxy) is 1. The highest BCUT2D eigenvalue weighted by molar-refractivity contribution is 5.94. The van der Waals surface area contributed by atoms with E-state index in [9.17, 15) is 13.6 Å². The number of rotatable bonds is 3. The highest BCUT2D eigenvalue weighted by atomic mass is 19.3. The molecule has 132 valence electrons. The standard InChI is InChI=1S/C18H19F2N3O2/c19-17(20)25-14-4-1-3-12(9-14)16(24)23-8-2-6-18(11-23)7-5-13-10-21-22-15(13)18/h1,3-4,9-10,17H,2,5-8,11H2,(H,21,22). The minimum atomic E-state index is -2.90. The Labute approximate surface area is 144 Å². The van der Waals surface area contributed by atoms with E-state index in [0.29, 0.717) is 18.7 Å². The number of hydrogen-bond donors (Lipinski definition) is 1. The summed E-state index contributed by atoms with van der Waals surface area (Å²) in [5.41, 5.74) is 2.70. The third-order valence-electron chi connectivity index (χ3n) is 5.29. The lowest BCUT2D eigenvalue weighted by Crippen LogP contribution is -2.47. The maximum atomic E-state index is 12.9. The van der Waals surface area contributed by atoms with Gasteiger partial charge >= 0.3 is 6.61 Å². The molecule has 1 amide bonds. The molecular weight excluding hydrogens is 328 g/mol. The van der Waals surface area contributed by atoms with Crippen LogP contribution in [0.25, 0.3) is 0 Å². The first kappa shape index (κ1) is 16.1. The molecule has 1 saturated heterocycles. The Hall–Kier alpha value is -2.44. The summed E-state index contributed by atoms with van der Waals surface area (Å²) in [6.45, 7) is -1.61. The lowest BCUT2D eigenvalue weighted by molar-refractivity contribution is -0.0499. The van der Waals surface area contributed by atoms with Crippen LogP contribution in [-0.4, -0.2) is 40.7 Å². The molecular formula is C18H19F2N3O2. The highest BCUT2D eigenvalue weighted by Gasteiger charge is 2.44.